The van der Waals surface area contributed by atoms with E-state index >= 15 is 0 Å². The molecule has 10 nitrogen and oxygen atoms in total. The number of alkyl carbamates (subject to hydrolysis) is 1. The van der Waals surface area contributed by atoms with Gasteiger partial charge in [-0.15, -0.1) is 0 Å². The first-order chi connectivity index (χ1) is 20.0. The van der Waals surface area contributed by atoms with E-state index in [4.69, 9.17) is 9.47 Å². The third-order valence-electron chi connectivity index (χ3n) is 7.56. The van der Waals surface area contributed by atoms with Crippen molar-refractivity contribution in [2.75, 3.05) is 26.2 Å². The molecule has 2 aromatic rings. The number of rotatable bonds is 11. The fraction of sp³-hybridized carbons (Fsp3) is 0.500. The standard InChI is InChI=1S/C32H41N3O7/c1-32(2,3)42-29(37)19-35-17-15-21(16-18-35)33-28(36)14-8-13-27(30(38)39)34-31(40)41-20-26-24-11-6-4-9-22(24)23-10-5-7-12-25(23)26/h4-7,9-12,21,26-27H,8,13-20H2,1-3H3,(H,33,36)(H,34,40)(H,38,39)/t27-/m1/s1. The number of likely N-dealkylation sites (tertiary alicyclic amines) is 1. The van der Waals surface area contributed by atoms with Gasteiger partial charge in [-0.05, 0) is 68.7 Å². The Morgan fingerprint density at radius 2 is 1.57 bits per heavy atom. The number of hydrogen-bond donors (Lipinski definition) is 3. The van der Waals surface area contributed by atoms with Gasteiger partial charge in [0, 0.05) is 31.5 Å². The molecule has 2 amide bonds. The summed E-state index contributed by atoms with van der Waals surface area (Å²) in [5.74, 6) is -1.73. The fourth-order valence-electron chi connectivity index (χ4n) is 5.60. The lowest BCUT2D eigenvalue weighted by Gasteiger charge is -2.32. The highest BCUT2D eigenvalue weighted by molar-refractivity contribution is 5.81. The predicted molar refractivity (Wildman–Crippen MR) is 157 cm³/mol. The molecule has 1 aliphatic carbocycles. The second-order valence-electron chi connectivity index (χ2n) is 12.0. The quantitative estimate of drug-likeness (QED) is 0.339. The van der Waals surface area contributed by atoms with E-state index in [0.29, 0.717) is 19.5 Å². The van der Waals surface area contributed by atoms with Crippen molar-refractivity contribution in [3.05, 3.63) is 59.7 Å². The fourth-order valence-corrected chi connectivity index (χ4v) is 5.60. The van der Waals surface area contributed by atoms with Crippen LogP contribution < -0.4 is 10.6 Å². The molecule has 4 rings (SSSR count). The number of aliphatic carboxylic acids is 1. The number of fused-ring (bicyclic) bond motifs is 3. The predicted octanol–water partition coefficient (Wildman–Crippen LogP) is 4.07. The molecule has 1 saturated heterocycles. The van der Waals surface area contributed by atoms with Crippen LogP contribution in [0.1, 0.15) is 69.9 Å². The summed E-state index contributed by atoms with van der Waals surface area (Å²) in [4.78, 5) is 50.9. The summed E-state index contributed by atoms with van der Waals surface area (Å²) in [6.07, 6.45) is 1.18. The third kappa shape index (κ3) is 8.55. The molecule has 1 fully saturated rings. The van der Waals surface area contributed by atoms with E-state index in [1.807, 2.05) is 74.2 Å². The monoisotopic (exact) mass is 579 g/mol. The zero-order valence-electron chi connectivity index (χ0n) is 24.6. The molecule has 1 atom stereocenters. The molecule has 2 aliphatic rings. The zero-order valence-corrected chi connectivity index (χ0v) is 24.6. The number of nitrogens with one attached hydrogen (secondary N) is 2. The molecule has 0 bridgehead atoms. The molecule has 2 aromatic carbocycles. The van der Waals surface area contributed by atoms with Crippen LogP contribution in [-0.2, 0) is 23.9 Å². The normalized spacial score (nSPS) is 16.2. The van der Waals surface area contributed by atoms with Gasteiger partial charge in [-0.3, -0.25) is 14.5 Å². The van der Waals surface area contributed by atoms with E-state index in [1.54, 1.807) is 0 Å². The number of piperidine rings is 1. The minimum Gasteiger partial charge on any atom is -0.480 e. The maximum atomic E-state index is 12.6. The summed E-state index contributed by atoms with van der Waals surface area (Å²) in [7, 11) is 0. The molecule has 0 unspecified atom stereocenters. The second-order valence-corrected chi connectivity index (χ2v) is 12.0. The number of nitrogens with zero attached hydrogens (tertiary/aromatic N) is 1. The van der Waals surface area contributed by atoms with Crippen molar-refractivity contribution < 1.29 is 33.8 Å². The summed E-state index contributed by atoms with van der Waals surface area (Å²) in [5.41, 5.74) is 3.83. The van der Waals surface area contributed by atoms with Crippen LogP contribution in [0, 0.1) is 0 Å². The summed E-state index contributed by atoms with van der Waals surface area (Å²) < 4.78 is 10.9. The van der Waals surface area contributed by atoms with E-state index in [1.165, 1.54) is 0 Å². The summed E-state index contributed by atoms with van der Waals surface area (Å²) in [6.45, 7) is 7.18. The highest BCUT2D eigenvalue weighted by Gasteiger charge is 2.30. The van der Waals surface area contributed by atoms with Crippen molar-refractivity contribution in [1.29, 1.82) is 0 Å². The van der Waals surface area contributed by atoms with Crippen molar-refractivity contribution in [1.82, 2.24) is 15.5 Å². The number of esters is 1. The first-order valence-electron chi connectivity index (χ1n) is 14.6. The van der Waals surface area contributed by atoms with Gasteiger partial charge < -0.3 is 25.2 Å². The van der Waals surface area contributed by atoms with Gasteiger partial charge in [0.1, 0.15) is 18.2 Å². The highest BCUT2D eigenvalue weighted by Crippen LogP contribution is 2.44. The topological polar surface area (TPSA) is 134 Å². The number of amides is 2. The second kappa shape index (κ2) is 13.8. The van der Waals surface area contributed by atoms with Crippen LogP contribution in [0.15, 0.2) is 48.5 Å². The number of carboxylic acid groups (broad SMARTS) is 1. The van der Waals surface area contributed by atoms with Crippen LogP contribution in [0.2, 0.25) is 0 Å². The number of carbonyl (C=O) groups is 4. The average molecular weight is 580 g/mol. The average Bonchev–Trinajstić information content (AvgIpc) is 3.25. The van der Waals surface area contributed by atoms with Crippen LogP contribution in [0.3, 0.4) is 0 Å². The molecule has 0 spiro atoms. The molecule has 0 aromatic heterocycles. The van der Waals surface area contributed by atoms with E-state index in [2.05, 4.69) is 10.6 Å². The first-order valence-corrected chi connectivity index (χ1v) is 14.6. The number of hydrogen-bond acceptors (Lipinski definition) is 7. The van der Waals surface area contributed by atoms with Crippen LogP contribution in [0.4, 0.5) is 4.79 Å². The number of carboxylic acids is 1. The molecule has 10 heteroatoms. The minimum atomic E-state index is -1.18. The van der Waals surface area contributed by atoms with Crippen molar-refractivity contribution in [3.63, 3.8) is 0 Å². The largest absolute Gasteiger partial charge is 0.480 e. The molecule has 1 heterocycles. The Hall–Kier alpha value is -3.92. The summed E-state index contributed by atoms with van der Waals surface area (Å²) >= 11 is 0. The lowest BCUT2D eigenvalue weighted by Crippen LogP contribution is -2.46. The Morgan fingerprint density at radius 3 is 2.14 bits per heavy atom. The maximum absolute atomic E-state index is 12.6. The third-order valence-corrected chi connectivity index (χ3v) is 7.56. The lowest BCUT2D eigenvalue weighted by molar-refractivity contribution is -0.156. The SMILES string of the molecule is CC(C)(C)OC(=O)CN1CCC(NC(=O)CCC[C@@H](NC(=O)OCC2c3ccccc3-c3ccccc32)C(=O)O)CC1. The van der Waals surface area contributed by atoms with E-state index < -0.39 is 23.7 Å². The van der Waals surface area contributed by atoms with Gasteiger partial charge in [0.15, 0.2) is 0 Å². The van der Waals surface area contributed by atoms with Gasteiger partial charge in [0.2, 0.25) is 5.91 Å². The Morgan fingerprint density at radius 1 is 0.976 bits per heavy atom. The Balaban J connectivity index is 1.16. The number of carbonyl (C=O) groups excluding carboxylic acids is 3. The van der Waals surface area contributed by atoms with Gasteiger partial charge >= 0.3 is 18.0 Å². The van der Waals surface area contributed by atoms with Crippen molar-refractivity contribution in [3.8, 4) is 11.1 Å². The van der Waals surface area contributed by atoms with Gasteiger partial charge in [0.05, 0.1) is 6.54 Å². The molecule has 1 aliphatic heterocycles. The molecule has 3 N–H and O–H groups in total. The van der Waals surface area contributed by atoms with Gasteiger partial charge in [-0.2, -0.15) is 0 Å². The maximum Gasteiger partial charge on any atom is 0.407 e. The Labute approximate surface area is 246 Å². The van der Waals surface area contributed by atoms with Crippen molar-refractivity contribution in [2.45, 2.75) is 76.5 Å². The lowest BCUT2D eigenvalue weighted by atomic mass is 9.98. The van der Waals surface area contributed by atoms with Gasteiger partial charge in [-0.1, -0.05) is 48.5 Å². The number of ether oxygens (including phenoxy) is 2. The molecule has 0 radical (unpaired) electrons. The summed E-state index contributed by atoms with van der Waals surface area (Å²) in [6, 6.07) is 14.8. The van der Waals surface area contributed by atoms with Crippen LogP contribution in [0.5, 0.6) is 0 Å². The molecule has 42 heavy (non-hydrogen) atoms. The first kappa shape index (κ1) is 31.0. The zero-order chi connectivity index (χ0) is 30.3. The van der Waals surface area contributed by atoms with E-state index in [0.717, 1.165) is 35.1 Å². The molecular formula is C32H41N3O7. The Bertz CT molecular complexity index is 1240. The molecular weight excluding hydrogens is 538 g/mol. The van der Waals surface area contributed by atoms with Crippen LogP contribution in [0.25, 0.3) is 11.1 Å². The minimum absolute atomic E-state index is 0.00149. The molecule has 0 saturated carbocycles. The highest BCUT2D eigenvalue weighted by atomic mass is 16.6. The molecule has 226 valence electrons. The van der Waals surface area contributed by atoms with Gasteiger partial charge in [-0.25, -0.2) is 9.59 Å². The van der Waals surface area contributed by atoms with E-state index in [-0.39, 0.29) is 49.8 Å². The van der Waals surface area contributed by atoms with E-state index in [9.17, 15) is 24.3 Å². The smallest absolute Gasteiger partial charge is 0.407 e. The van der Waals surface area contributed by atoms with Crippen LogP contribution >= 0.6 is 0 Å². The summed E-state index contributed by atoms with van der Waals surface area (Å²) in [5, 5.41) is 15.1. The number of benzene rings is 2. The van der Waals surface area contributed by atoms with Gasteiger partial charge in [0.25, 0.3) is 0 Å². The van der Waals surface area contributed by atoms with Crippen molar-refractivity contribution >= 4 is 23.9 Å². The van der Waals surface area contributed by atoms with Crippen LogP contribution in [-0.4, -0.2) is 77.9 Å². The van der Waals surface area contributed by atoms with Crippen molar-refractivity contribution in [2.24, 2.45) is 0 Å². The Kier molecular flexibility index (Phi) is 10.2.